The Hall–Kier alpha value is 1.07. The van der Waals surface area contributed by atoms with Crippen LogP contribution >= 0.6 is 39.7 Å². The van der Waals surface area contributed by atoms with Gasteiger partial charge in [-0.2, -0.15) is 0 Å². The molecule has 0 spiro atoms. The van der Waals surface area contributed by atoms with Crippen molar-refractivity contribution in [2.75, 3.05) is 11.0 Å². The summed E-state index contributed by atoms with van der Waals surface area (Å²) in [5.74, 6) is 0. The Balaban J connectivity index is 3.58. The SMILES string of the molecule is O=P(O)(OCBr)OCBr. The summed E-state index contributed by atoms with van der Waals surface area (Å²) >= 11 is 5.61. The monoisotopic (exact) mass is 282 g/mol. The molecule has 56 valence electrons. The molecule has 0 aromatic heterocycles. The van der Waals surface area contributed by atoms with Crippen LogP contribution in [-0.4, -0.2) is 15.9 Å². The lowest BCUT2D eigenvalue weighted by Crippen LogP contribution is -1.90. The molecule has 0 radical (unpaired) electrons. The molecule has 0 amide bonds. The van der Waals surface area contributed by atoms with Crippen molar-refractivity contribution in [3.05, 3.63) is 0 Å². The molecule has 0 heterocycles. The van der Waals surface area contributed by atoms with Crippen molar-refractivity contribution in [3.63, 3.8) is 0 Å². The van der Waals surface area contributed by atoms with Crippen LogP contribution < -0.4 is 0 Å². The first-order chi connectivity index (χ1) is 4.12. The van der Waals surface area contributed by atoms with E-state index in [2.05, 4.69) is 40.9 Å². The Kier molecular flexibility index (Phi) is 5.39. The summed E-state index contributed by atoms with van der Waals surface area (Å²) in [6, 6.07) is 0. The largest absolute Gasteiger partial charge is 0.473 e. The van der Waals surface area contributed by atoms with Gasteiger partial charge in [-0.3, -0.25) is 9.05 Å². The summed E-state index contributed by atoms with van der Waals surface area (Å²) in [7, 11) is -3.79. The summed E-state index contributed by atoms with van der Waals surface area (Å²) in [6.07, 6.45) is 0. The number of hydrogen-bond acceptors (Lipinski definition) is 3. The predicted octanol–water partition coefficient (Wildman–Crippen LogP) is 1.82. The topological polar surface area (TPSA) is 55.8 Å². The summed E-state index contributed by atoms with van der Waals surface area (Å²) in [4.78, 5) is 8.57. The quantitative estimate of drug-likeness (QED) is 0.632. The first-order valence-corrected chi connectivity index (χ1v) is 5.60. The third-order valence-corrected chi connectivity index (χ3v) is 2.50. The van der Waals surface area contributed by atoms with Gasteiger partial charge in [0.2, 0.25) is 0 Å². The van der Waals surface area contributed by atoms with Crippen molar-refractivity contribution in [2.45, 2.75) is 0 Å². The fourth-order valence-electron chi connectivity index (χ4n) is 0.161. The third kappa shape index (κ3) is 5.51. The van der Waals surface area contributed by atoms with Gasteiger partial charge in [0.05, 0.1) is 0 Å². The number of rotatable bonds is 4. The second kappa shape index (κ2) is 4.82. The Morgan fingerprint density at radius 1 is 1.33 bits per heavy atom. The number of alkyl halides is 2. The molecule has 0 aromatic carbocycles. The minimum atomic E-state index is -3.79. The number of hydrogen-bond donors (Lipinski definition) is 1. The van der Waals surface area contributed by atoms with Gasteiger partial charge in [0, 0.05) is 0 Å². The zero-order valence-electron chi connectivity index (χ0n) is 4.29. The standard InChI is InChI=1S/C2H5Br2O4P/c3-1-7-9(5,6)8-2-4/h1-2H2,(H,5,6). The molecule has 0 rings (SSSR count). The molecular formula is C2H5Br2O4P. The summed E-state index contributed by atoms with van der Waals surface area (Å²) < 4.78 is 19.0. The molecule has 0 fully saturated rings. The first-order valence-electron chi connectivity index (χ1n) is 1.86. The van der Waals surface area contributed by atoms with Gasteiger partial charge in [0.15, 0.2) is 0 Å². The van der Waals surface area contributed by atoms with Gasteiger partial charge in [-0.05, 0) is 0 Å². The van der Waals surface area contributed by atoms with Crippen molar-refractivity contribution in [3.8, 4) is 0 Å². The molecule has 1 N–H and O–H groups in total. The minimum Gasteiger partial charge on any atom is -0.302 e. The second-order valence-electron chi connectivity index (χ2n) is 0.945. The number of phosphoric ester groups is 1. The lowest BCUT2D eigenvalue weighted by molar-refractivity contribution is 0.194. The highest BCUT2D eigenvalue weighted by molar-refractivity contribution is 9.09. The lowest BCUT2D eigenvalue weighted by Gasteiger charge is -2.06. The molecule has 0 saturated heterocycles. The van der Waals surface area contributed by atoms with E-state index in [1.165, 1.54) is 0 Å². The van der Waals surface area contributed by atoms with Crippen LogP contribution in [0.1, 0.15) is 0 Å². The van der Waals surface area contributed by atoms with Crippen LogP contribution in [0, 0.1) is 0 Å². The van der Waals surface area contributed by atoms with E-state index in [-0.39, 0.29) is 11.0 Å². The Bertz CT molecular complexity index is 107. The highest BCUT2D eigenvalue weighted by Gasteiger charge is 2.18. The molecule has 9 heavy (non-hydrogen) atoms. The van der Waals surface area contributed by atoms with Gasteiger partial charge in [0.1, 0.15) is 11.0 Å². The predicted molar refractivity (Wildman–Crippen MR) is 39.6 cm³/mol. The third-order valence-electron chi connectivity index (χ3n) is 0.424. The molecule has 0 saturated carbocycles. The zero-order valence-corrected chi connectivity index (χ0v) is 8.36. The molecular weight excluding hydrogens is 279 g/mol. The van der Waals surface area contributed by atoms with Crippen LogP contribution in [0.2, 0.25) is 0 Å². The zero-order chi connectivity index (χ0) is 7.33. The van der Waals surface area contributed by atoms with E-state index in [1.54, 1.807) is 0 Å². The normalized spacial score (nSPS) is 11.9. The Morgan fingerprint density at radius 2 is 1.67 bits per heavy atom. The van der Waals surface area contributed by atoms with Crippen LogP contribution in [-0.2, 0) is 13.6 Å². The Morgan fingerprint density at radius 3 is 1.89 bits per heavy atom. The van der Waals surface area contributed by atoms with Gasteiger partial charge in [0.25, 0.3) is 0 Å². The van der Waals surface area contributed by atoms with Crippen molar-refractivity contribution in [1.29, 1.82) is 0 Å². The Labute approximate surface area is 69.4 Å². The fourth-order valence-corrected chi connectivity index (χ4v) is 2.03. The first kappa shape index (κ1) is 10.1. The highest BCUT2D eigenvalue weighted by Crippen LogP contribution is 2.43. The van der Waals surface area contributed by atoms with Gasteiger partial charge in [-0.15, -0.1) is 0 Å². The van der Waals surface area contributed by atoms with Gasteiger partial charge in [-0.1, -0.05) is 31.9 Å². The van der Waals surface area contributed by atoms with E-state index in [4.69, 9.17) is 4.89 Å². The van der Waals surface area contributed by atoms with Crippen molar-refractivity contribution >= 4 is 39.7 Å². The fraction of sp³-hybridized carbons (Fsp3) is 1.00. The highest BCUT2D eigenvalue weighted by atomic mass is 79.9. The molecule has 0 atom stereocenters. The second-order valence-corrected chi connectivity index (χ2v) is 3.31. The van der Waals surface area contributed by atoms with E-state index < -0.39 is 7.82 Å². The minimum absolute atomic E-state index is 0.0201. The lowest BCUT2D eigenvalue weighted by atomic mass is 11.8. The van der Waals surface area contributed by atoms with Crippen molar-refractivity contribution < 1.29 is 18.5 Å². The molecule has 0 unspecified atom stereocenters. The average Bonchev–Trinajstić information content (AvgIpc) is 1.64. The molecule has 4 nitrogen and oxygen atoms in total. The molecule has 0 aromatic rings. The summed E-state index contributed by atoms with van der Waals surface area (Å²) in [6.45, 7) is 0. The number of halogens is 2. The summed E-state index contributed by atoms with van der Waals surface area (Å²) in [5, 5.41) is 0. The van der Waals surface area contributed by atoms with Gasteiger partial charge in [-0.25, -0.2) is 4.57 Å². The van der Waals surface area contributed by atoms with E-state index in [0.717, 1.165) is 0 Å². The van der Waals surface area contributed by atoms with E-state index in [0.29, 0.717) is 0 Å². The summed E-state index contributed by atoms with van der Waals surface area (Å²) in [5.41, 5.74) is -0.0401. The average molecular weight is 284 g/mol. The smallest absolute Gasteiger partial charge is 0.302 e. The van der Waals surface area contributed by atoms with E-state index in [9.17, 15) is 4.57 Å². The molecule has 0 bridgehead atoms. The van der Waals surface area contributed by atoms with Crippen LogP contribution in [0.3, 0.4) is 0 Å². The van der Waals surface area contributed by atoms with Crippen LogP contribution in [0.4, 0.5) is 0 Å². The maximum Gasteiger partial charge on any atom is 0.473 e. The van der Waals surface area contributed by atoms with Crippen LogP contribution in [0.15, 0.2) is 0 Å². The maximum absolute atomic E-state index is 10.5. The van der Waals surface area contributed by atoms with Crippen LogP contribution in [0.5, 0.6) is 0 Å². The van der Waals surface area contributed by atoms with E-state index in [1.807, 2.05) is 0 Å². The molecule has 0 aliphatic heterocycles. The van der Waals surface area contributed by atoms with Crippen molar-refractivity contribution in [1.82, 2.24) is 0 Å². The molecule has 0 aliphatic rings. The van der Waals surface area contributed by atoms with Crippen LogP contribution in [0.25, 0.3) is 0 Å². The maximum atomic E-state index is 10.5. The molecule has 7 heteroatoms. The van der Waals surface area contributed by atoms with Gasteiger partial charge < -0.3 is 4.89 Å². The van der Waals surface area contributed by atoms with Gasteiger partial charge >= 0.3 is 7.82 Å². The number of phosphoric acid groups is 1. The molecule has 0 aliphatic carbocycles. The van der Waals surface area contributed by atoms with Crippen molar-refractivity contribution in [2.24, 2.45) is 0 Å². The van der Waals surface area contributed by atoms with E-state index >= 15 is 0 Å².